The van der Waals surface area contributed by atoms with E-state index in [-0.39, 0.29) is 6.04 Å². The Kier molecular flexibility index (Phi) is 5.09. The molecule has 4 rings (SSSR count). The van der Waals surface area contributed by atoms with Gasteiger partial charge >= 0.3 is 0 Å². The van der Waals surface area contributed by atoms with Gasteiger partial charge in [-0.15, -0.1) is 16.4 Å². The third-order valence-corrected chi connectivity index (χ3v) is 5.63. The summed E-state index contributed by atoms with van der Waals surface area (Å²) in [5.41, 5.74) is 3.37. The molecule has 2 aromatic heterocycles. The fourth-order valence-corrected chi connectivity index (χ4v) is 4.24. The number of benzene rings is 2. The van der Waals surface area contributed by atoms with Crippen LogP contribution < -0.4 is 4.90 Å². The molecule has 0 radical (unpaired) electrons. The van der Waals surface area contributed by atoms with E-state index in [0.717, 1.165) is 23.6 Å². The Morgan fingerprint density at radius 3 is 2.52 bits per heavy atom. The van der Waals surface area contributed by atoms with Gasteiger partial charge in [-0.1, -0.05) is 54.6 Å². The Morgan fingerprint density at radius 2 is 1.78 bits per heavy atom. The maximum Gasteiger partial charge on any atom is 0.218 e. The minimum Gasteiger partial charge on any atom is -0.320 e. The summed E-state index contributed by atoms with van der Waals surface area (Å²) in [7, 11) is 2.20. The summed E-state index contributed by atoms with van der Waals surface area (Å²) < 4.78 is 1.88. The van der Waals surface area contributed by atoms with Crippen molar-refractivity contribution in [3.05, 3.63) is 93.9 Å². The van der Waals surface area contributed by atoms with Crippen LogP contribution in [-0.4, -0.2) is 27.3 Å². The Bertz CT molecular complexity index is 994. The summed E-state index contributed by atoms with van der Waals surface area (Å²) in [6, 6.07) is 23.0. The largest absolute Gasteiger partial charge is 0.320 e. The first-order valence-electron chi connectivity index (χ1n) is 8.98. The molecule has 136 valence electrons. The number of nitrogens with zero attached hydrogens (tertiary/aromatic N) is 4. The summed E-state index contributed by atoms with van der Waals surface area (Å²) in [6.45, 7) is 3.00. The molecule has 0 bridgehead atoms. The summed E-state index contributed by atoms with van der Waals surface area (Å²) in [6.07, 6.45) is 0. The predicted molar refractivity (Wildman–Crippen MR) is 107 cm³/mol. The third-order valence-electron chi connectivity index (χ3n) is 4.75. The highest BCUT2D eigenvalue weighted by atomic mass is 32.1. The lowest BCUT2D eigenvalue weighted by molar-refractivity contribution is -0.920. The average molecular weight is 377 g/mol. The first-order valence-corrected chi connectivity index (χ1v) is 9.86. The second-order valence-corrected chi connectivity index (χ2v) is 7.71. The normalized spacial score (nSPS) is 13.4. The molecule has 0 saturated heterocycles. The molecule has 1 unspecified atom stereocenters. The lowest BCUT2D eigenvalue weighted by Crippen LogP contribution is -3.08. The van der Waals surface area contributed by atoms with Crippen LogP contribution in [0, 0.1) is 6.92 Å². The standard InChI is InChI=1S/C21H21N5S/c1-16-9-6-7-13-19(16)26-21(22-23-24-26)20(17-10-4-3-5-11-17)25(2)15-18-12-8-14-27-18/h3-14,20H,15H2,1-2H3/p+1/t20-/m1/s1. The Labute approximate surface area is 162 Å². The van der Waals surface area contributed by atoms with E-state index in [1.807, 2.05) is 22.9 Å². The van der Waals surface area contributed by atoms with Gasteiger partial charge in [-0.05, 0) is 40.4 Å². The van der Waals surface area contributed by atoms with E-state index in [9.17, 15) is 0 Å². The first kappa shape index (κ1) is 17.6. The van der Waals surface area contributed by atoms with Gasteiger partial charge in [0.05, 0.1) is 17.6 Å². The number of aromatic nitrogens is 4. The van der Waals surface area contributed by atoms with E-state index in [0.29, 0.717) is 0 Å². The topological polar surface area (TPSA) is 48.0 Å². The van der Waals surface area contributed by atoms with E-state index in [1.165, 1.54) is 15.3 Å². The number of nitrogens with one attached hydrogen (secondary N) is 1. The molecule has 4 aromatic rings. The van der Waals surface area contributed by atoms with Gasteiger partial charge in [0.1, 0.15) is 6.54 Å². The zero-order chi connectivity index (χ0) is 18.6. The molecular formula is C21H22N5S+. The number of aryl methyl sites for hydroxylation is 1. The maximum atomic E-state index is 4.45. The van der Waals surface area contributed by atoms with Gasteiger partial charge in [-0.3, -0.25) is 0 Å². The Balaban J connectivity index is 1.78. The molecule has 1 N–H and O–H groups in total. The monoisotopic (exact) mass is 376 g/mol. The number of hydrogen-bond acceptors (Lipinski definition) is 4. The molecule has 0 amide bonds. The number of hydrogen-bond donors (Lipinski definition) is 1. The van der Waals surface area contributed by atoms with Crippen molar-refractivity contribution in [2.75, 3.05) is 7.05 Å². The Morgan fingerprint density at radius 1 is 1.00 bits per heavy atom. The lowest BCUT2D eigenvalue weighted by Gasteiger charge is -2.24. The minimum atomic E-state index is 0.0305. The minimum absolute atomic E-state index is 0.0305. The van der Waals surface area contributed by atoms with Crippen molar-refractivity contribution in [3.63, 3.8) is 0 Å². The van der Waals surface area contributed by atoms with Crippen LogP contribution in [0.5, 0.6) is 0 Å². The van der Waals surface area contributed by atoms with Crippen LogP contribution >= 0.6 is 11.3 Å². The van der Waals surface area contributed by atoms with Crippen molar-refractivity contribution >= 4 is 11.3 Å². The van der Waals surface area contributed by atoms with Gasteiger partial charge in [-0.25, -0.2) is 0 Å². The molecule has 2 heterocycles. The molecule has 0 aliphatic carbocycles. The van der Waals surface area contributed by atoms with Crippen molar-refractivity contribution in [2.45, 2.75) is 19.5 Å². The highest BCUT2D eigenvalue weighted by molar-refractivity contribution is 7.09. The summed E-state index contributed by atoms with van der Waals surface area (Å²) in [5.74, 6) is 0.851. The van der Waals surface area contributed by atoms with Gasteiger partial charge in [-0.2, -0.15) is 4.68 Å². The van der Waals surface area contributed by atoms with Gasteiger partial charge in [0.25, 0.3) is 0 Å². The van der Waals surface area contributed by atoms with Crippen molar-refractivity contribution < 1.29 is 4.90 Å². The molecule has 0 saturated carbocycles. The van der Waals surface area contributed by atoms with E-state index < -0.39 is 0 Å². The number of quaternary nitrogens is 1. The fourth-order valence-electron chi connectivity index (χ4n) is 3.44. The second kappa shape index (κ2) is 7.82. The molecule has 0 spiro atoms. The zero-order valence-electron chi connectivity index (χ0n) is 15.4. The number of tetrazole rings is 1. The van der Waals surface area contributed by atoms with Crippen molar-refractivity contribution in [1.82, 2.24) is 20.2 Å². The van der Waals surface area contributed by atoms with Gasteiger partial charge in [0.15, 0.2) is 6.04 Å². The average Bonchev–Trinajstić information content (AvgIpc) is 3.36. The molecule has 5 nitrogen and oxygen atoms in total. The number of para-hydroxylation sites is 1. The highest BCUT2D eigenvalue weighted by Gasteiger charge is 2.30. The quantitative estimate of drug-likeness (QED) is 0.563. The van der Waals surface area contributed by atoms with Gasteiger partial charge in [0, 0.05) is 5.56 Å². The summed E-state index contributed by atoms with van der Waals surface area (Å²) in [5, 5.41) is 14.9. The summed E-state index contributed by atoms with van der Waals surface area (Å²) in [4.78, 5) is 2.68. The molecular weight excluding hydrogens is 354 g/mol. The number of rotatable bonds is 6. The number of thiophene rings is 1. The smallest absolute Gasteiger partial charge is 0.218 e. The van der Waals surface area contributed by atoms with E-state index in [2.05, 4.69) is 83.4 Å². The maximum absolute atomic E-state index is 4.45. The van der Waals surface area contributed by atoms with Crippen molar-refractivity contribution in [1.29, 1.82) is 0 Å². The highest BCUT2D eigenvalue weighted by Crippen LogP contribution is 2.21. The lowest BCUT2D eigenvalue weighted by atomic mass is 10.0. The van der Waals surface area contributed by atoms with Gasteiger partial charge in [0.2, 0.25) is 5.82 Å². The van der Waals surface area contributed by atoms with E-state index in [4.69, 9.17) is 0 Å². The van der Waals surface area contributed by atoms with Crippen molar-refractivity contribution in [3.8, 4) is 5.69 Å². The Hall–Kier alpha value is -2.83. The van der Waals surface area contributed by atoms with Crippen LogP contribution in [-0.2, 0) is 6.54 Å². The van der Waals surface area contributed by atoms with Crippen LogP contribution in [0.3, 0.4) is 0 Å². The third kappa shape index (κ3) is 3.67. The van der Waals surface area contributed by atoms with Crippen LogP contribution in [0.2, 0.25) is 0 Å². The first-order chi connectivity index (χ1) is 13.2. The predicted octanol–water partition coefficient (Wildman–Crippen LogP) is 2.84. The summed E-state index contributed by atoms with van der Waals surface area (Å²) >= 11 is 1.78. The zero-order valence-corrected chi connectivity index (χ0v) is 16.2. The van der Waals surface area contributed by atoms with Crippen LogP contribution in [0.1, 0.15) is 27.9 Å². The SMILES string of the molecule is Cc1ccccc1-n1nnnc1[C@@H](c1ccccc1)[NH+](C)Cc1cccs1. The molecule has 0 fully saturated rings. The molecule has 27 heavy (non-hydrogen) atoms. The van der Waals surface area contributed by atoms with Crippen molar-refractivity contribution in [2.24, 2.45) is 0 Å². The fraction of sp³-hybridized carbons (Fsp3) is 0.190. The molecule has 2 atom stereocenters. The molecule has 0 aliphatic heterocycles. The van der Waals surface area contributed by atoms with Crippen LogP contribution in [0.15, 0.2) is 72.1 Å². The van der Waals surface area contributed by atoms with E-state index in [1.54, 1.807) is 11.3 Å². The molecule has 6 heteroatoms. The van der Waals surface area contributed by atoms with Crippen LogP contribution in [0.4, 0.5) is 0 Å². The molecule has 2 aromatic carbocycles. The van der Waals surface area contributed by atoms with Gasteiger partial charge < -0.3 is 4.90 Å². The van der Waals surface area contributed by atoms with Crippen LogP contribution in [0.25, 0.3) is 5.69 Å². The van der Waals surface area contributed by atoms with E-state index >= 15 is 0 Å². The molecule has 0 aliphatic rings. The second-order valence-electron chi connectivity index (χ2n) is 6.68.